The van der Waals surface area contributed by atoms with Crippen LogP contribution in [0.5, 0.6) is 0 Å². The molecule has 1 atom stereocenters. The van der Waals surface area contributed by atoms with Gasteiger partial charge in [-0.05, 0) is 26.0 Å². The molecule has 1 saturated heterocycles. The van der Waals surface area contributed by atoms with Gasteiger partial charge in [0.2, 0.25) is 0 Å². The SMILES string of the molecule is Cc1ccc(F)c(C(=O)N2CCNC[C@@H]2C)c1. The predicted octanol–water partition coefficient (Wildman–Crippen LogP) is 1.57. The second kappa shape index (κ2) is 4.84. The second-order valence-electron chi connectivity index (χ2n) is 4.53. The maximum Gasteiger partial charge on any atom is 0.257 e. The molecule has 1 aromatic rings. The number of rotatable bonds is 1. The summed E-state index contributed by atoms with van der Waals surface area (Å²) in [6.45, 7) is 5.99. The topological polar surface area (TPSA) is 32.3 Å². The summed E-state index contributed by atoms with van der Waals surface area (Å²) >= 11 is 0. The van der Waals surface area contributed by atoms with Crippen LogP contribution < -0.4 is 5.32 Å². The van der Waals surface area contributed by atoms with E-state index in [4.69, 9.17) is 0 Å². The molecule has 1 aromatic carbocycles. The van der Waals surface area contributed by atoms with E-state index in [1.165, 1.54) is 6.07 Å². The van der Waals surface area contributed by atoms with Gasteiger partial charge in [0.15, 0.2) is 0 Å². The second-order valence-corrected chi connectivity index (χ2v) is 4.53. The lowest BCUT2D eigenvalue weighted by Gasteiger charge is -2.34. The number of aryl methyl sites for hydroxylation is 1. The molecule has 1 heterocycles. The van der Waals surface area contributed by atoms with Crippen LogP contribution >= 0.6 is 0 Å². The largest absolute Gasteiger partial charge is 0.333 e. The molecule has 3 nitrogen and oxygen atoms in total. The number of piperazine rings is 1. The lowest BCUT2D eigenvalue weighted by Crippen LogP contribution is -2.52. The molecular formula is C13H17FN2O. The van der Waals surface area contributed by atoms with Gasteiger partial charge in [0, 0.05) is 25.7 Å². The summed E-state index contributed by atoms with van der Waals surface area (Å²) < 4.78 is 13.6. The fourth-order valence-corrected chi connectivity index (χ4v) is 2.10. The summed E-state index contributed by atoms with van der Waals surface area (Å²) in [5, 5.41) is 3.21. The molecule has 0 unspecified atom stereocenters. The Kier molecular flexibility index (Phi) is 3.43. The molecule has 0 radical (unpaired) electrons. The molecular weight excluding hydrogens is 219 g/mol. The van der Waals surface area contributed by atoms with Gasteiger partial charge in [-0.1, -0.05) is 11.6 Å². The summed E-state index contributed by atoms with van der Waals surface area (Å²) in [6, 6.07) is 4.76. The Hall–Kier alpha value is -1.42. The monoisotopic (exact) mass is 236 g/mol. The summed E-state index contributed by atoms with van der Waals surface area (Å²) in [5.41, 5.74) is 1.08. The van der Waals surface area contributed by atoms with E-state index in [2.05, 4.69) is 5.32 Å². The minimum Gasteiger partial charge on any atom is -0.333 e. The molecule has 92 valence electrons. The van der Waals surface area contributed by atoms with Crippen molar-refractivity contribution in [1.82, 2.24) is 10.2 Å². The number of amides is 1. The Bertz CT molecular complexity index is 433. The summed E-state index contributed by atoms with van der Waals surface area (Å²) in [6.07, 6.45) is 0. The van der Waals surface area contributed by atoms with Crippen molar-refractivity contribution < 1.29 is 9.18 Å². The number of hydrogen-bond acceptors (Lipinski definition) is 2. The number of nitrogens with zero attached hydrogens (tertiary/aromatic N) is 1. The average molecular weight is 236 g/mol. The zero-order chi connectivity index (χ0) is 12.4. The highest BCUT2D eigenvalue weighted by molar-refractivity contribution is 5.95. The van der Waals surface area contributed by atoms with Crippen molar-refractivity contribution in [3.05, 3.63) is 35.1 Å². The van der Waals surface area contributed by atoms with Gasteiger partial charge in [-0.3, -0.25) is 4.79 Å². The number of benzene rings is 1. The molecule has 0 bridgehead atoms. The Balaban J connectivity index is 2.26. The van der Waals surface area contributed by atoms with Crippen molar-refractivity contribution in [3.63, 3.8) is 0 Å². The van der Waals surface area contributed by atoms with Crippen molar-refractivity contribution in [3.8, 4) is 0 Å². The summed E-state index contributed by atoms with van der Waals surface area (Å²) in [4.78, 5) is 14.0. The van der Waals surface area contributed by atoms with E-state index < -0.39 is 5.82 Å². The van der Waals surface area contributed by atoms with E-state index in [1.54, 1.807) is 17.0 Å². The molecule has 2 rings (SSSR count). The van der Waals surface area contributed by atoms with Crippen LogP contribution in [0.3, 0.4) is 0 Å². The molecule has 0 aromatic heterocycles. The first kappa shape index (κ1) is 12.0. The molecule has 1 aliphatic rings. The number of hydrogen-bond donors (Lipinski definition) is 1. The van der Waals surface area contributed by atoms with Gasteiger partial charge in [0.05, 0.1) is 5.56 Å². The average Bonchev–Trinajstić information content (AvgIpc) is 2.32. The molecule has 1 fully saturated rings. The number of halogens is 1. The van der Waals surface area contributed by atoms with E-state index in [1.807, 2.05) is 13.8 Å². The molecule has 0 spiro atoms. The molecule has 4 heteroatoms. The molecule has 17 heavy (non-hydrogen) atoms. The van der Waals surface area contributed by atoms with Crippen LogP contribution in [-0.4, -0.2) is 36.5 Å². The van der Waals surface area contributed by atoms with E-state index in [0.717, 1.165) is 18.7 Å². The van der Waals surface area contributed by atoms with Gasteiger partial charge >= 0.3 is 0 Å². The van der Waals surface area contributed by atoms with E-state index >= 15 is 0 Å². The first-order chi connectivity index (χ1) is 8.09. The fourth-order valence-electron chi connectivity index (χ4n) is 2.10. The third-order valence-electron chi connectivity index (χ3n) is 3.11. The third kappa shape index (κ3) is 2.47. The van der Waals surface area contributed by atoms with Gasteiger partial charge in [0.25, 0.3) is 5.91 Å². The molecule has 1 aliphatic heterocycles. The van der Waals surface area contributed by atoms with Crippen molar-refractivity contribution in [2.75, 3.05) is 19.6 Å². The minimum absolute atomic E-state index is 0.108. The zero-order valence-corrected chi connectivity index (χ0v) is 10.2. The highest BCUT2D eigenvalue weighted by atomic mass is 19.1. The van der Waals surface area contributed by atoms with Crippen LogP contribution in [0.25, 0.3) is 0 Å². The Morgan fingerprint density at radius 3 is 3.00 bits per heavy atom. The predicted molar refractivity (Wildman–Crippen MR) is 64.5 cm³/mol. The van der Waals surface area contributed by atoms with Crippen LogP contribution in [0.4, 0.5) is 4.39 Å². The van der Waals surface area contributed by atoms with Crippen LogP contribution in [0.1, 0.15) is 22.8 Å². The number of carbonyl (C=O) groups is 1. The summed E-state index contributed by atoms with van der Waals surface area (Å²) in [7, 11) is 0. The van der Waals surface area contributed by atoms with Crippen LogP contribution in [0.15, 0.2) is 18.2 Å². The van der Waals surface area contributed by atoms with Crippen LogP contribution in [-0.2, 0) is 0 Å². The van der Waals surface area contributed by atoms with Gasteiger partial charge in [-0.25, -0.2) is 4.39 Å². The normalized spacial score (nSPS) is 20.4. The van der Waals surface area contributed by atoms with Crippen molar-refractivity contribution in [2.24, 2.45) is 0 Å². The lowest BCUT2D eigenvalue weighted by molar-refractivity contribution is 0.0651. The molecule has 0 aliphatic carbocycles. The minimum atomic E-state index is -0.439. The summed E-state index contributed by atoms with van der Waals surface area (Å²) in [5.74, 6) is -0.647. The van der Waals surface area contributed by atoms with Gasteiger partial charge in [-0.2, -0.15) is 0 Å². The van der Waals surface area contributed by atoms with E-state index in [0.29, 0.717) is 6.54 Å². The third-order valence-corrected chi connectivity index (χ3v) is 3.11. The Morgan fingerprint density at radius 2 is 2.29 bits per heavy atom. The fraction of sp³-hybridized carbons (Fsp3) is 0.462. The zero-order valence-electron chi connectivity index (χ0n) is 10.2. The maximum absolute atomic E-state index is 13.6. The van der Waals surface area contributed by atoms with Gasteiger partial charge in [0.1, 0.15) is 5.82 Å². The standard InChI is InChI=1S/C13H17FN2O/c1-9-3-4-12(14)11(7-9)13(17)16-6-5-15-8-10(16)2/h3-4,7,10,15H,5-6,8H2,1-2H3/t10-/m0/s1. The maximum atomic E-state index is 13.6. The van der Waals surface area contributed by atoms with E-state index in [-0.39, 0.29) is 17.5 Å². The Morgan fingerprint density at radius 1 is 1.53 bits per heavy atom. The smallest absolute Gasteiger partial charge is 0.257 e. The molecule has 1 N–H and O–H groups in total. The highest BCUT2D eigenvalue weighted by Gasteiger charge is 2.25. The van der Waals surface area contributed by atoms with E-state index in [9.17, 15) is 9.18 Å². The van der Waals surface area contributed by atoms with Gasteiger partial charge < -0.3 is 10.2 Å². The quantitative estimate of drug-likeness (QED) is 0.802. The van der Waals surface area contributed by atoms with Crippen LogP contribution in [0.2, 0.25) is 0 Å². The molecule has 0 saturated carbocycles. The Labute approximate surface area is 101 Å². The number of carbonyl (C=O) groups excluding carboxylic acids is 1. The first-order valence-electron chi connectivity index (χ1n) is 5.87. The van der Waals surface area contributed by atoms with Crippen LogP contribution in [0, 0.1) is 12.7 Å². The lowest BCUT2D eigenvalue weighted by atomic mass is 10.1. The van der Waals surface area contributed by atoms with Gasteiger partial charge in [-0.15, -0.1) is 0 Å². The first-order valence-corrected chi connectivity index (χ1v) is 5.87. The number of nitrogens with one attached hydrogen (secondary N) is 1. The van der Waals surface area contributed by atoms with Crippen molar-refractivity contribution in [2.45, 2.75) is 19.9 Å². The molecule has 1 amide bonds. The highest BCUT2D eigenvalue weighted by Crippen LogP contribution is 2.15. The van der Waals surface area contributed by atoms with Crippen molar-refractivity contribution >= 4 is 5.91 Å². The van der Waals surface area contributed by atoms with Crippen molar-refractivity contribution in [1.29, 1.82) is 0 Å².